The van der Waals surface area contributed by atoms with Gasteiger partial charge >= 0.3 is 0 Å². The van der Waals surface area contributed by atoms with E-state index in [1.165, 1.54) is 4.31 Å². The molecule has 0 saturated heterocycles. The second-order valence-electron chi connectivity index (χ2n) is 7.81. The van der Waals surface area contributed by atoms with Gasteiger partial charge < -0.3 is 14.2 Å². The summed E-state index contributed by atoms with van der Waals surface area (Å²) in [5.74, 6) is 1.99. The van der Waals surface area contributed by atoms with Gasteiger partial charge in [0, 0.05) is 11.8 Å². The van der Waals surface area contributed by atoms with Gasteiger partial charge in [0.1, 0.15) is 17.2 Å². The summed E-state index contributed by atoms with van der Waals surface area (Å²) in [6, 6.07) is 30.3. The molecule has 0 bridgehead atoms. The summed E-state index contributed by atoms with van der Waals surface area (Å²) < 4.78 is 45.0. The number of sulfonamides is 1. The quantitative estimate of drug-likeness (QED) is 0.282. The van der Waals surface area contributed by atoms with Crippen molar-refractivity contribution in [1.29, 1.82) is 0 Å². The highest BCUT2D eigenvalue weighted by Gasteiger charge is 2.25. The highest BCUT2D eigenvalue weighted by atomic mass is 32.2. The predicted octanol–water partition coefficient (Wildman–Crippen LogP) is 6.00. The molecule has 0 unspecified atom stereocenters. The molecular formula is C29H27NO5S. The van der Waals surface area contributed by atoms with Crippen LogP contribution in [0.5, 0.6) is 17.2 Å². The van der Waals surface area contributed by atoms with Crippen molar-refractivity contribution in [3.8, 4) is 17.2 Å². The third-order valence-corrected chi connectivity index (χ3v) is 7.38. The van der Waals surface area contributed by atoms with E-state index in [4.69, 9.17) is 14.2 Å². The van der Waals surface area contributed by atoms with Gasteiger partial charge in [-0.25, -0.2) is 12.7 Å². The number of nitrogens with zero attached hydrogens (tertiary/aromatic N) is 1. The lowest BCUT2D eigenvalue weighted by atomic mass is 9.98. The van der Waals surface area contributed by atoms with E-state index in [1.807, 2.05) is 54.6 Å². The molecular weight excluding hydrogens is 474 g/mol. The Morgan fingerprint density at radius 2 is 1.03 bits per heavy atom. The molecule has 0 amide bonds. The summed E-state index contributed by atoms with van der Waals surface area (Å²) in [7, 11) is 0.786. The maximum Gasteiger partial charge on any atom is 0.268 e. The first-order valence-electron chi connectivity index (χ1n) is 11.2. The maximum atomic E-state index is 13.9. The molecule has 0 aliphatic rings. The van der Waals surface area contributed by atoms with Crippen LogP contribution in [-0.2, 0) is 10.0 Å². The Kier molecular flexibility index (Phi) is 7.61. The molecule has 0 N–H and O–H groups in total. The molecule has 0 aromatic heterocycles. The standard InChI is InChI=1S/C29H27NO5S/c1-33-25-13-9-22(10-14-25)29(23-11-15-26(34-2)16-12-23)21-30(24-7-5-4-6-8-24)36(31,32)28-19-17-27(35-3)18-20-28/h4-21H,1-3H3. The van der Waals surface area contributed by atoms with Crippen molar-refractivity contribution in [1.82, 2.24) is 0 Å². The molecule has 0 atom stereocenters. The largest absolute Gasteiger partial charge is 0.497 e. The first-order valence-corrected chi connectivity index (χ1v) is 12.6. The van der Waals surface area contributed by atoms with E-state index in [-0.39, 0.29) is 4.90 Å². The summed E-state index contributed by atoms with van der Waals surface area (Å²) >= 11 is 0. The molecule has 36 heavy (non-hydrogen) atoms. The van der Waals surface area contributed by atoms with Crippen molar-refractivity contribution in [3.63, 3.8) is 0 Å². The van der Waals surface area contributed by atoms with Crippen molar-refractivity contribution in [2.45, 2.75) is 4.90 Å². The Morgan fingerprint density at radius 1 is 0.611 bits per heavy atom. The summed E-state index contributed by atoms with van der Waals surface area (Å²) in [5, 5.41) is 0. The number of hydrogen-bond donors (Lipinski definition) is 0. The van der Waals surface area contributed by atoms with E-state index >= 15 is 0 Å². The van der Waals surface area contributed by atoms with Crippen LogP contribution in [0, 0.1) is 0 Å². The van der Waals surface area contributed by atoms with Crippen molar-refractivity contribution >= 4 is 21.3 Å². The molecule has 4 aromatic carbocycles. The van der Waals surface area contributed by atoms with Crippen molar-refractivity contribution < 1.29 is 22.6 Å². The predicted molar refractivity (Wildman–Crippen MR) is 142 cm³/mol. The van der Waals surface area contributed by atoms with Crippen LogP contribution < -0.4 is 18.5 Å². The van der Waals surface area contributed by atoms with E-state index in [0.29, 0.717) is 28.5 Å². The summed E-state index contributed by atoms with van der Waals surface area (Å²) in [6.45, 7) is 0. The zero-order valence-electron chi connectivity index (χ0n) is 20.3. The summed E-state index contributed by atoms with van der Waals surface area (Å²) in [5.41, 5.74) is 2.87. The van der Waals surface area contributed by atoms with Crippen LogP contribution in [0.4, 0.5) is 5.69 Å². The summed E-state index contributed by atoms with van der Waals surface area (Å²) in [6.07, 6.45) is 1.65. The number of ether oxygens (including phenoxy) is 3. The minimum Gasteiger partial charge on any atom is -0.497 e. The fraction of sp³-hybridized carbons (Fsp3) is 0.103. The Balaban J connectivity index is 1.92. The second kappa shape index (κ2) is 11.0. The fourth-order valence-corrected chi connectivity index (χ4v) is 5.04. The molecule has 6 nitrogen and oxygen atoms in total. The molecule has 4 aromatic rings. The number of methoxy groups -OCH3 is 3. The van der Waals surface area contributed by atoms with Crippen LogP contribution in [0.3, 0.4) is 0 Å². The first kappa shape index (κ1) is 24.9. The Hall–Kier alpha value is -4.23. The molecule has 4 rings (SSSR count). The van der Waals surface area contributed by atoms with Gasteiger partial charge in [0.2, 0.25) is 0 Å². The molecule has 7 heteroatoms. The van der Waals surface area contributed by atoms with Gasteiger partial charge in [-0.1, -0.05) is 42.5 Å². The lowest BCUT2D eigenvalue weighted by molar-refractivity contribution is 0.414. The van der Waals surface area contributed by atoms with E-state index in [2.05, 4.69) is 0 Å². The lowest BCUT2D eigenvalue weighted by Crippen LogP contribution is -2.26. The van der Waals surface area contributed by atoms with Crippen LogP contribution in [-0.4, -0.2) is 29.7 Å². The topological polar surface area (TPSA) is 65.1 Å². The van der Waals surface area contributed by atoms with Gasteiger partial charge in [-0.3, -0.25) is 0 Å². The molecule has 0 heterocycles. The normalized spacial score (nSPS) is 10.9. The average Bonchev–Trinajstić information content (AvgIpc) is 2.94. The van der Waals surface area contributed by atoms with Gasteiger partial charge in [-0.05, 0) is 71.8 Å². The molecule has 0 fully saturated rings. The molecule has 0 aliphatic heterocycles. The lowest BCUT2D eigenvalue weighted by Gasteiger charge is -2.23. The Labute approximate surface area is 212 Å². The van der Waals surface area contributed by atoms with Gasteiger partial charge in [0.05, 0.1) is 31.9 Å². The number of anilines is 1. The second-order valence-corrected chi connectivity index (χ2v) is 9.63. The molecule has 0 aliphatic carbocycles. The van der Waals surface area contributed by atoms with Gasteiger partial charge in [-0.15, -0.1) is 0 Å². The Bertz CT molecular complexity index is 1360. The van der Waals surface area contributed by atoms with Crippen LogP contribution in [0.15, 0.2) is 114 Å². The van der Waals surface area contributed by atoms with Crippen molar-refractivity contribution in [3.05, 3.63) is 120 Å². The smallest absolute Gasteiger partial charge is 0.268 e. The van der Waals surface area contributed by atoms with Crippen molar-refractivity contribution in [2.24, 2.45) is 0 Å². The zero-order valence-corrected chi connectivity index (χ0v) is 21.1. The van der Waals surface area contributed by atoms with Gasteiger partial charge in [0.25, 0.3) is 10.0 Å². The monoisotopic (exact) mass is 501 g/mol. The molecule has 0 radical (unpaired) electrons. The zero-order chi connectivity index (χ0) is 25.5. The summed E-state index contributed by atoms with van der Waals surface area (Å²) in [4.78, 5) is 0.146. The van der Waals surface area contributed by atoms with Gasteiger partial charge in [0.15, 0.2) is 0 Å². The van der Waals surface area contributed by atoms with Crippen LogP contribution in [0.25, 0.3) is 5.57 Å². The first-order chi connectivity index (χ1) is 17.5. The number of benzene rings is 4. The number of rotatable bonds is 9. The minimum atomic E-state index is -3.96. The molecule has 0 spiro atoms. The van der Waals surface area contributed by atoms with Crippen molar-refractivity contribution in [2.75, 3.05) is 25.6 Å². The van der Waals surface area contributed by atoms with E-state index < -0.39 is 10.0 Å². The maximum absolute atomic E-state index is 13.9. The van der Waals surface area contributed by atoms with E-state index in [0.717, 1.165) is 11.1 Å². The molecule has 0 saturated carbocycles. The third-order valence-electron chi connectivity index (χ3n) is 5.68. The highest BCUT2D eigenvalue weighted by molar-refractivity contribution is 7.93. The van der Waals surface area contributed by atoms with Crippen LogP contribution in [0.2, 0.25) is 0 Å². The van der Waals surface area contributed by atoms with E-state index in [1.54, 1.807) is 76.1 Å². The van der Waals surface area contributed by atoms with Crippen LogP contribution >= 0.6 is 0 Å². The van der Waals surface area contributed by atoms with Crippen LogP contribution in [0.1, 0.15) is 11.1 Å². The number of para-hydroxylation sites is 1. The SMILES string of the molecule is COc1ccc(C(=CN(c2ccccc2)S(=O)(=O)c2ccc(OC)cc2)c2ccc(OC)cc2)cc1. The number of hydrogen-bond acceptors (Lipinski definition) is 5. The molecule has 184 valence electrons. The average molecular weight is 502 g/mol. The third kappa shape index (κ3) is 5.37. The fourth-order valence-electron chi connectivity index (χ4n) is 3.69. The highest BCUT2D eigenvalue weighted by Crippen LogP contribution is 2.32. The minimum absolute atomic E-state index is 0.146. The Morgan fingerprint density at radius 3 is 1.44 bits per heavy atom. The van der Waals surface area contributed by atoms with E-state index in [9.17, 15) is 8.42 Å². The van der Waals surface area contributed by atoms with Gasteiger partial charge in [-0.2, -0.15) is 0 Å².